The van der Waals surface area contributed by atoms with Gasteiger partial charge in [0, 0.05) is 26.6 Å². The molecule has 0 aromatic carbocycles. The summed E-state index contributed by atoms with van der Waals surface area (Å²) in [5.41, 5.74) is 0. The van der Waals surface area contributed by atoms with Crippen LogP contribution in [0.3, 0.4) is 0 Å². The molecule has 1 unspecified atom stereocenters. The lowest BCUT2D eigenvalue weighted by Gasteiger charge is -2.23. The molecule has 0 aliphatic carbocycles. The predicted octanol–water partition coefficient (Wildman–Crippen LogP) is -0.467. The van der Waals surface area contributed by atoms with Crippen molar-refractivity contribution in [2.24, 2.45) is 0 Å². The highest BCUT2D eigenvalue weighted by molar-refractivity contribution is 5.85. The van der Waals surface area contributed by atoms with Gasteiger partial charge in [-0.2, -0.15) is 0 Å². The van der Waals surface area contributed by atoms with Gasteiger partial charge >= 0.3 is 0 Å². The Bertz CT molecular complexity index is 137. The quantitative estimate of drug-likeness (QED) is 0.625. The molecule has 0 saturated carbocycles. The molecule has 1 heterocycles. The van der Waals surface area contributed by atoms with E-state index in [0.717, 1.165) is 19.7 Å². The Morgan fingerprint density at radius 3 is 3.00 bits per heavy atom. The molecule has 72 valence electrons. The lowest BCUT2D eigenvalue weighted by molar-refractivity contribution is -0.119. The summed E-state index contributed by atoms with van der Waals surface area (Å²) in [6.07, 6.45) is 0.146. The normalized spacial score (nSPS) is 22.6. The average Bonchev–Trinajstić information content (AvgIpc) is 2.03. The molecular formula is C7H15ClN2O2. The van der Waals surface area contributed by atoms with Gasteiger partial charge in [-0.25, -0.2) is 0 Å². The largest absolute Gasteiger partial charge is 0.374 e. The monoisotopic (exact) mass is 194 g/mol. The summed E-state index contributed by atoms with van der Waals surface area (Å²) in [7, 11) is 0. The van der Waals surface area contributed by atoms with Crippen LogP contribution in [0.4, 0.5) is 0 Å². The van der Waals surface area contributed by atoms with Gasteiger partial charge in [0.05, 0.1) is 12.7 Å². The Morgan fingerprint density at radius 1 is 1.75 bits per heavy atom. The Morgan fingerprint density at radius 2 is 2.50 bits per heavy atom. The number of rotatable bonds is 2. The Hall–Kier alpha value is -0.320. The van der Waals surface area contributed by atoms with Gasteiger partial charge < -0.3 is 15.4 Å². The van der Waals surface area contributed by atoms with Crippen molar-refractivity contribution in [1.82, 2.24) is 10.6 Å². The van der Waals surface area contributed by atoms with Crippen LogP contribution in [0.15, 0.2) is 0 Å². The van der Waals surface area contributed by atoms with E-state index in [1.165, 1.54) is 6.92 Å². The van der Waals surface area contributed by atoms with Crippen molar-refractivity contribution < 1.29 is 9.53 Å². The minimum atomic E-state index is -0.000765. The van der Waals surface area contributed by atoms with Gasteiger partial charge in [-0.1, -0.05) is 0 Å². The van der Waals surface area contributed by atoms with Crippen LogP contribution in [0, 0.1) is 0 Å². The molecule has 1 fully saturated rings. The molecule has 0 bridgehead atoms. The standard InChI is InChI=1S/C7H14N2O2.ClH/c1-6(10)9-5-7-4-8-2-3-11-7;/h7-8H,2-5H2,1H3,(H,9,10);1H. The zero-order valence-corrected chi connectivity index (χ0v) is 7.95. The maximum Gasteiger partial charge on any atom is 0.216 e. The SMILES string of the molecule is CC(=O)NCC1CNCCO1.Cl. The van der Waals surface area contributed by atoms with E-state index < -0.39 is 0 Å². The second-order valence-corrected chi connectivity index (χ2v) is 2.63. The van der Waals surface area contributed by atoms with E-state index in [2.05, 4.69) is 10.6 Å². The van der Waals surface area contributed by atoms with Gasteiger partial charge in [-0.05, 0) is 0 Å². The predicted molar refractivity (Wildman–Crippen MR) is 48.5 cm³/mol. The number of nitrogens with one attached hydrogen (secondary N) is 2. The van der Waals surface area contributed by atoms with Gasteiger partial charge in [-0.3, -0.25) is 4.79 Å². The minimum absolute atomic E-state index is 0. The molecule has 5 heteroatoms. The first kappa shape index (κ1) is 11.7. The number of hydrogen-bond donors (Lipinski definition) is 2. The van der Waals surface area contributed by atoms with Crippen molar-refractivity contribution in [3.05, 3.63) is 0 Å². The molecule has 0 aromatic rings. The van der Waals surface area contributed by atoms with Gasteiger partial charge in [0.15, 0.2) is 0 Å². The number of amides is 1. The number of ether oxygens (including phenoxy) is 1. The van der Waals surface area contributed by atoms with Crippen molar-refractivity contribution in [3.8, 4) is 0 Å². The molecule has 1 aliphatic heterocycles. The van der Waals surface area contributed by atoms with Gasteiger partial charge in [0.1, 0.15) is 0 Å². The highest BCUT2D eigenvalue weighted by atomic mass is 35.5. The van der Waals surface area contributed by atoms with E-state index in [-0.39, 0.29) is 24.4 Å². The van der Waals surface area contributed by atoms with Crippen LogP contribution in [-0.2, 0) is 9.53 Å². The zero-order chi connectivity index (χ0) is 8.10. The Balaban J connectivity index is 0.00000121. The van der Waals surface area contributed by atoms with Crippen LogP contribution in [-0.4, -0.2) is 38.3 Å². The maximum atomic E-state index is 10.5. The van der Waals surface area contributed by atoms with Crippen molar-refractivity contribution in [1.29, 1.82) is 0 Å². The molecule has 0 spiro atoms. The third kappa shape index (κ3) is 4.54. The van der Waals surface area contributed by atoms with E-state index >= 15 is 0 Å². The average molecular weight is 195 g/mol. The van der Waals surface area contributed by atoms with Crippen LogP contribution in [0.1, 0.15) is 6.92 Å². The van der Waals surface area contributed by atoms with Gasteiger partial charge in [0.2, 0.25) is 5.91 Å². The maximum absolute atomic E-state index is 10.5. The summed E-state index contributed by atoms with van der Waals surface area (Å²) in [6.45, 7) is 4.61. The van der Waals surface area contributed by atoms with Crippen LogP contribution in [0.2, 0.25) is 0 Å². The van der Waals surface area contributed by atoms with E-state index in [1.807, 2.05) is 0 Å². The number of morpholine rings is 1. The van der Waals surface area contributed by atoms with Crippen LogP contribution in [0.25, 0.3) is 0 Å². The third-order valence-corrected chi connectivity index (χ3v) is 1.58. The summed E-state index contributed by atoms with van der Waals surface area (Å²) < 4.78 is 5.35. The molecule has 1 rings (SSSR count). The fourth-order valence-corrected chi connectivity index (χ4v) is 1.01. The summed E-state index contributed by atoms with van der Waals surface area (Å²) in [5, 5.41) is 5.89. The molecule has 12 heavy (non-hydrogen) atoms. The second kappa shape index (κ2) is 6.22. The molecule has 1 aliphatic rings. The molecule has 1 amide bonds. The topological polar surface area (TPSA) is 50.4 Å². The minimum Gasteiger partial charge on any atom is -0.374 e. The zero-order valence-electron chi connectivity index (χ0n) is 7.13. The van der Waals surface area contributed by atoms with Gasteiger partial charge in [-0.15, -0.1) is 12.4 Å². The molecule has 0 radical (unpaired) electrons. The number of carbonyl (C=O) groups is 1. The number of halogens is 1. The third-order valence-electron chi connectivity index (χ3n) is 1.58. The van der Waals surface area contributed by atoms with Crippen molar-refractivity contribution in [2.75, 3.05) is 26.2 Å². The van der Waals surface area contributed by atoms with E-state index in [0.29, 0.717) is 6.54 Å². The van der Waals surface area contributed by atoms with Crippen LogP contribution >= 0.6 is 12.4 Å². The van der Waals surface area contributed by atoms with Crippen molar-refractivity contribution in [3.63, 3.8) is 0 Å². The smallest absolute Gasteiger partial charge is 0.216 e. The molecule has 1 atom stereocenters. The first-order chi connectivity index (χ1) is 5.29. The number of hydrogen-bond acceptors (Lipinski definition) is 3. The first-order valence-corrected chi connectivity index (χ1v) is 3.86. The van der Waals surface area contributed by atoms with E-state index in [4.69, 9.17) is 4.74 Å². The molecule has 1 saturated heterocycles. The summed E-state index contributed by atoms with van der Waals surface area (Å²) in [4.78, 5) is 10.5. The van der Waals surface area contributed by atoms with Crippen molar-refractivity contribution >= 4 is 18.3 Å². The molecule has 0 aromatic heterocycles. The van der Waals surface area contributed by atoms with E-state index in [1.54, 1.807) is 0 Å². The molecule has 4 nitrogen and oxygen atoms in total. The summed E-state index contributed by atoms with van der Waals surface area (Å²) in [5.74, 6) is -0.000765. The fourth-order valence-electron chi connectivity index (χ4n) is 1.01. The fraction of sp³-hybridized carbons (Fsp3) is 0.857. The highest BCUT2D eigenvalue weighted by Gasteiger charge is 2.12. The van der Waals surface area contributed by atoms with E-state index in [9.17, 15) is 4.79 Å². The van der Waals surface area contributed by atoms with Crippen LogP contribution < -0.4 is 10.6 Å². The summed E-state index contributed by atoms with van der Waals surface area (Å²) in [6, 6.07) is 0. The Kier molecular flexibility index (Phi) is 6.06. The lowest BCUT2D eigenvalue weighted by atomic mass is 10.3. The molecular weight excluding hydrogens is 180 g/mol. The van der Waals surface area contributed by atoms with Gasteiger partial charge in [0.25, 0.3) is 0 Å². The molecule has 2 N–H and O–H groups in total. The first-order valence-electron chi connectivity index (χ1n) is 3.86. The Labute approximate surface area is 78.5 Å². The second-order valence-electron chi connectivity index (χ2n) is 2.63. The van der Waals surface area contributed by atoms with Crippen molar-refractivity contribution in [2.45, 2.75) is 13.0 Å². The lowest BCUT2D eigenvalue weighted by Crippen LogP contribution is -2.44. The number of carbonyl (C=O) groups excluding carboxylic acids is 1. The summed E-state index contributed by atoms with van der Waals surface area (Å²) >= 11 is 0. The van der Waals surface area contributed by atoms with Crippen LogP contribution in [0.5, 0.6) is 0 Å². The highest BCUT2D eigenvalue weighted by Crippen LogP contribution is 1.93.